The van der Waals surface area contributed by atoms with Gasteiger partial charge in [-0.3, -0.25) is 0 Å². The Morgan fingerprint density at radius 2 is 2.06 bits per heavy atom. The predicted molar refractivity (Wildman–Crippen MR) is 58.7 cm³/mol. The van der Waals surface area contributed by atoms with Crippen LogP contribution >= 0.6 is 0 Å². The molecule has 96 valence electrons. The first-order valence-electron chi connectivity index (χ1n) is 5.24. The van der Waals surface area contributed by atoms with Crippen molar-refractivity contribution in [2.24, 2.45) is 0 Å². The summed E-state index contributed by atoms with van der Waals surface area (Å²) in [6, 6.07) is 0. The van der Waals surface area contributed by atoms with Gasteiger partial charge in [-0.05, 0) is 0 Å². The summed E-state index contributed by atoms with van der Waals surface area (Å²) in [6.07, 6.45) is 0.916. The number of sulfonamides is 1. The van der Waals surface area contributed by atoms with Crippen LogP contribution in [0.4, 0.5) is 0 Å². The van der Waals surface area contributed by atoms with Crippen LogP contribution in [0.25, 0.3) is 0 Å². The Morgan fingerprint density at radius 3 is 2.62 bits per heavy atom. The number of rotatable bonds is 6. The molecule has 16 heavy (non-hydrogen) atoms. The van der Waals surface area contributed by atoms with Crippen LogP contribution in [0.5, 0.6) is 0 Å². The van der Waals surface area contributed by atoms with E-state index in [4.69, 9.17) is 9.47 Å². The largest absolute Gasteiger partial charge is 0.388 e. The molecule has 0 radical (unpaired) electrons. The van der Waals surface area contributed by atoms with Gasteiger partial charge >= 0.3 is 0 Å². The molecular formula is C9H19NO5S. The van der Waals surface area contributed by atoms with E-state index >= 15 is 0 Å². The highest BCUT2D eigenvalue weighted by Crippen LogP contribution is 2.19. The summed E-state index contributed by atoms with van der Waals surface area (Å²) in [5.41, 5.74) is -0.974. The Labute approximate surface area is 96.0 Å². The van der Waals surface area contributed by atoms with Gasteiger partial charge in [0.1, 0.15) is 0 Å². The molecule has 1 saturated heterocycles. The van der Waals surface area contributed by atoms with Crippen LogP contribution in [-0.2, 0) is 19.5 Å². The van der Waals surface area contributed by atoms with Gasteiger partial charge in [-0.1, -0.05) is 0 Å². The van der Waals surface area contributed by atoms with Crippen molar-refractivity contribution >= 4 is 10.0 Å². The highest BCUT2D eigenvalue weighted by molar-refractivity contribution is 7.89. The summed E-state index contributed by atoms with van der Waals surface area (Å²) >= 11 is 0. The number of hydrogen-bond acceptors (Lipinski definition) is 5. The van der Waals surface area contributed by atoms with Gasteiger partial charge in [0.05, 0.1) is 18.0 Å². The lowest BCUT2D eigenvalue weighted by atomic mass is 9.95. The first-order chi connectivity index (χ1) is 7.47. The van der Waals surface area contributed by atoms with Gasteiger partial charge in [-0.25, -0.2) is 13.1 Å². The van der Waals surface area contributed by atoms with Gasteiger partial charge in [-0.2, -0.15) is 0 Å². The van der Waals surface area contributed by atoms with Crippen molar-refractivity contribution in [3.8, 4) is 0 Å². The van der Waals surface area contributed by atoms with E-state index in [1.165, 1.54) is 7.11 Å². The van der Waals surface area contributed by atoms with Crippen molar-refractivity contribution in [2.45, 2.75) is 18.4 Å². The quantitative estimate of drug-likeness (QED) is 0.640. The number of nitrogens with one attached hydrogen (secondary N) is 1. The number of aliphatic hydroxyl groups is 1. The standard InChI is InChI=1S/C9H19NO5S/c1-14-6-7-16(12,13)10-8-9(11)2-4-15-5-3-9/h10-11H,2-8H2,1H3. The third-order valence-corrected chi connectivity index (χ3v) is 3.89. The first kappa shape index (κ1) is 13.9. The fraction of sp³-hybridized carbons (Fsp3) is 1.00. The second kappa shape index (κ2) is 5.92. The summed E-state index contributed by atoms with van der Waals surface area (Å²) in [5.74, 6) is -0.0872. The zero-order valence-corrected chi connectivity index (χ0v) is 10.3. The number of methoxy groups -OCH3 is 1. The van der Waals surface area contributed by atoms with E-state index in [-0.39, 0.29) is 18.9 Å². The van der Waals surface area contributed by atoms with Crippen LogP contribution in [0.1, 0.15) is 12.8 Å². The molecule has 1 fully saturated rings. The third-order valence-electron chi connectivity index (χ3n) is 2.60. The molecule has 1 heterocycles. The minimum absolute atomic E-state index is 0.0441. The minimum atomic E-state index is -3.36. The van der Waals surface area contributed by atoms with E-state index in [1.54, 1.807) is 0 Å². The second-order valence-corrected chi connectivity index (χ2v) is 5.90. The smallest absolute Gasteiger partial charge is 0.213 e. The molecule has 1 aliphatic heterocycles. The molecule has 0 aliphatic carbocycles. The minimum Gasteiger partial charge on any atom is -0.388 e. The van der Waals surface area contributed by atoms with Crippen LogP contribution in [0.2, 0.25) is 0 Å². The van der Waals surface area contributed by atoms with Gasteiger partial charge in [0.2, 0.25) is 10.0 Å². The lowest BCUT2D eigenvalue weighted by Gasteiger charge is -2.31. The summed E-state index contributed by atoms with van der Waals surface area (Å²) in [7, 11) is -1.91. The third kappa shape index (κ3) is 4.75. The van der Waals surface area contributed by atoms with Crippen LogP contribution in [-0.4, -0.2) is 58.4 Å². The van der Waals surface area contributed by atoms with Crippen molar-refractivity contribution in [3.63, 3.8) is 0 Å². The molecule has 2 N–H and O–H groups in total. The van der Waals surface area contributed by atoms with Crippen LogP contribution in [0.3, 0.4) is 0 Å². The zero-order valence-electron chi connectivity index (χ0n) is 9.44. The average molecular weight is 253 g/mol. The molecule has 0 saturated carbocycles. The first-order valence-corrected chi connectivity index (χ1v) is 6.89. The van der Waals surface area contributed by atoms with Crippen LogP contribution in [0.15, 0.2) is 0 Å². The van der Waals surface area contributed by atoms with E-state index < -0.39 is 15.6 Å². The van der Waals surface area contributed by atoms with E-state index in [1.807, 2.05) is 0 Å². The Morgan fingerprint density at radius 1 is 1.44 bits per heavy atom. The molecule has 0 spiro atoms. The molecule has 7 heteroatoms. The van der Waals surface area contributed by atoms with E-state index in [2.05, 4.69) is 4.72 Å². The molecule has 1 aliphatic rings. The van der Waals surface area contributed by atoms with Gasteiger partial charge in [0.15, 0.2) is 0 Å². The second-order valence-electron chi connectivity index (χ2n) is 3.97. The average Bonchev–Trinajstić information content (AvgIpc) is 2.25. The van der Waals surface area contributed by atoms with Gasteiger partial charge in [0.25, 0.3) is 0 Å². The van der Waals surface area contributed by atoms with Gasteiger partial charge < -0.3 is 14.6 Å². The van der Waals surface area contributed by atoms with Crippen molar-refractivity contribution in [3.05, 3.63) is 0 Å². The van der Waals surface area contributed by atoms with E-state index in [9.17, 15) is 13.5 Å². The maximum Gasteiger partial charge on any atom is 0.213 e. The lowest BCUT2D eigenvalue weighted by Crippen LogP contribution is -2.47. The summed E-state index contributed by atoms with van der Waals surface area (Å²) in [4.78, 5) is 0. The topological polar surface area (TPSA) is 84.9 Å². The Kier molecular flexibility index (Phi) is 5.13. The molecule has 0 bridgehead atoms. The highest BCUT2D eigenvalue weighted by atomic mass is 32.2. The van der Waals surface area contributed by atoms with Crippen molar-refractivity contribution in [1.82, 2.24) is 4.72 Å². The van der Waals surface area contributed by atoms with Gasteiger partial charge in [-0.15, -0.1) is 0 Å². The van der Waals surface area contributed by atoms with Gasteiger partial charge in [0, 0.05) is 39.7 Å². The molecule has 0 unspecified atom stereocenters. The normalized spacial score (nSPS) is 20.9. The van der Waals surface area contributed by atoms with E-state index in [0.717, 1.165) is 0 Å². The van der Waals surface area contributed by atoms with Crippen molar-refractivity contribution in [2.75, 3.05) is 39.2 Å². The maximum absolute atomic E-state index is 11.4. The maximum atomic E-state index is 11.4. The molecule has 0 aromatic carbocycles. The monoisotopic (exact) mass is 253 g/mol. The fourth-order valence-corrected chi connectivity index (χ4v) is 2.46. The summed E-state index contributed by atoms with van der Waals surface area (Å²) in [6.45, 7) is 1.13. The summed E-state index contributed by atoms with van der Waals surface area (Å²) < 4.78 is 35.1. The summed E-state index contributed by atoms with van der Waals surface area (Å²) in [5, 5.41) is 10.0. The SMILES string of the molecule is COCCS(=O)(=O)NCC1(O)CCOCC1. The zero-order chi connectivity index (χ0) is 12.1. The van der Waals surface area contributed by atoms with Crippen LogP contribution < -0.4 is 4.72 Å². The van der Waals surface area contributed by atoms with Crippen molar-refractivity contribution < 1.29 is 23.0 Å². The number of ether oxygens (including phenoxy) is 2. The molecule has 0 aromatic heterocycles. The highest BCUT2D eigenvalue weighted by Gasteiger charge is 2.30. The van der Waals surface area contributed by atoms with Crippen LogP contribution in [0, 0.1) is 0 Å². The van der Waals surface area contributed by atoms with Crippen molar-refractivity contribution in [1.29, 1.82) is 0 Å². The molecule has 0 amide bonds. The van der Waals surface area contributed by atoms with E-state index in [0.29, 0.717) is 26.1 Å². The molecular weight excluding hydrogens is 234 g/mol. The lowest BCUT2D eigenvalue weighted by molar-refractivity contribution is -0.0588. The Balaban J connectivity index is 2.37. The fourth-order valence-electron chi connectivity index (χ4n) is 1.44. The molecule has 6 nitrogen and oxygen atoms in total. The predicted octanol–water partition coefficient (Wildman–Crippen LogP) is -0.906. The molecule has 1 rings (SSSR count). The Hall–Kier alpha value is -0.210. The number of hydrogen-bond donors (Lipinski definition) is 2. The Bertz CT molecular complexity index is 297. The molecule has 0 aromatic rings. The molecule has 0 atom stereocenters.